The Labute approximate surface area is 122 Å². The van der Waals surface area contributed by atoms with Crippen molar-refractivity contribution in [2.45, 2.75) is 45.1 Å². The maximum Gasteiger partial charge on any atom is 0.195 e. The fourth-order valence-corrected chi connectivity index (χ4v) is 2.91. The number of hydrogen-bond acceptors (Lipinski definition) is 2. The molecule has 1 aliphatic rings. The first-order chi connectivity index (χ1) is 10.1. The van der Waals surface area contributed by atoms with Crippen molar-refractivity contribution in [2.24, 2.45) is 5.92 Å². The Morgan fingerprint density at radius 1 is 1.19 bits per heavy atom. The highest BCUT2D eigenvalue weighted by Gasteiger charge is 2.33. The summed E-state index contributed by atoms with van der Waals surface area (Å²) in [5, 5.41) is 0. The summed E-state index contributed by atoms with van der Waals surface area (Å²) in [5.41, 5.74) is -0.432. The summed E-state index contributed by atoms with van der Waals surface area (Å²) in [7, 11) is 0. The molecule has 0 saturated heterocycles. The number of halogens is 3. The van der Waals surface area contributed by atoms with Gasteiger partial charge < -0.3 is 4.74 Å². The van der Waals surface area contributed by atoms with Crippen LogP contribution in [0.3, 0.4) is 0 Å². The molecule has 2 rings (SSSR count). The smallest absolute Gasteiger partial charge is 0.195 e. The maximum absolute atomic E-state index is 13.8. The predicted octanol–water partition coefficient (Wildman–Crippen LogP) is 4.27. The first-order valence-electron chi connectivity index (χ1n) is 7.35. The van der Waals surface area contributed by atoms with Gasteiger partial charge in [0.2, 0.25) is 0 Å². The summed E-state index contributed by atoms with van der Waals surface area (Å²) >= 11 is 0. The minimum Gasteiger partial charge on any atom is -0.370 e. The molecule has 0 spiro atoms. The Balaban J connectivity index is 2.27. The lowest BCUT2D eigenvalue weighted by atomic mass is 9.82. The van der Waals surface area contributed by atoms with Crippen LogP contribution in [0.4, 0.5) is 13.2 Å². The SMILES string of the molecule is CCOC(C(=O)c1ccc(F)c(F)c1F)C1CCCCC1. The average molecular weight is 300 g/mol. The lowest BCUT2D eigenvalue weighted by Gasteiger charge is -2.29. The third-order valence-corrected chi connectivity index (χ3v) is 3.98. The average Bonchev–Trinajstić information content (AvgIpc) is 2.51. The van der Waals surface area contributed by atoms with Crippen molar-refractivity contribution < 1.29 is 22.7 Å². The van der Waals surface area contributed by atoms with Crippen LogP contribution in [-0.2, 0) is 4.74 Å². The molecule has 0 bridgehead atoms. The van der Waals surface area contributed by atoms with Crippen molar-refractivity contribution in [3.63, 3.8) is 0 Å². The summed E-state index contributed by atoms with van der Waals surface area (Å²) in [5.74, 6) is -4.92. The van der Waals surface area contributed by atoms with Gasteiger partial charge in [-0.25, -0.2) is 13.2 Å². The van der Waals surface area contributed by atoms with Gasteiger partial charge in [-0.2, -0.15) is 0 Å². The molecule has 1 atom stereocenters. The van der Waals surface area contributed by atoms with Gasteiger partial charge >= 0.3 is 0 Å². The van der Waals surface area contributed by atoms with E-state index in [1.807, 2.05) is 0 Å². The Hall–Kier alpha value is -1.36. The van der Waals surface area contributed by atoms with Gasteiger partial charge in [0.05, 0.1) is 5.56 Å². The van der Waals surface area contributed by atoms with E-state index in [0.29, 0.717) is 6.61 Å². The highest BCUT2D eigenvalue weighted by Crippen LogP contribution is 2.30. The molecule has 1 fully saturated rings. The van der Waals surface area contributed by atoms with Gasteiger partial charge in [0.15, 0.2) is 23.2 Å². The molecule has 2 nitrogen and oxygen atoms in total. The van der Waals surface area contributed by atoms with Crippen molar-refractivity contribution in [3.8, 4) is 0 Å². The van der Waals surface area contributed by atoms with E-state index in [1.165, 1.54) is 0 Å². The Bertz CT molecular complexity index is 510. The third-order valence-electron chi connectivity index (χ3n) is 3.98. The molecule has 5 heteroatoms. The van der Waals surface area contributed by atoms with Crippen LogP contribution in [0.2, 0.25) is 0 Å². The lowest BCUT2D eigenvalue weighted by Crippen LogP contribution is -2.34. The molecule has 0 heterocycles. The number of carbonyl (C=O) groups excluding carboxylic acids is 1. The van der Waals surface area contributed by atoms with Gasteiger partial charge in [0.1, 0.15) is 6.10 Å². The normalized spacial score (nSPS) is 17.7. The summed E-state index contributed by atoms with van der Waals surface area (Å²) in [6.45, 7) is 2.07. The standard InChI is InChI=1S/C16H19F3O2/c1-2-21-16(10-6-4-3-5-7-10)15(20)11-8-9-12(17)14(19)13(11)18/h8-10,16H,2-7H2,1H3. The number of hydrogen-bond donors (Lipinski definition) is 0. The molecule has 1 aromatic carbocycles. The number of ether oxygens (including phenoxy) is 1. The van der Waals surface area contributed by atoms with E-state index in [2.05, 4.69) is 0 Å². The van der Waals surface area contributed by atoms with Gasteiger partial charge in [0, 0.05) is 6.61 Å². The van der Waals surface area contributed by atoms with Crippen molar-refractivity contribution >= 4 is 5.78 Å². The number of carbonyl (C=O) groups is 1. The molecule has 21 heavy (non-hydrogen) atoms. The van der Waals surface area contributed by atoms with E-state index < -0.39 is 34.9 Å². The van der Waals surface area contributed by atoms with Gasteiger partial charge in [-0.3, -0.25) is 4.79 Å². The van der Waals surface area contributed by atoms with Crippen LogP contribution in [0.5, 0.6) is 0 Å². The minimum atomic E-state index is -1.61. The van der Waals surface area contributed by atoms with E-state index in [9.17, 15) is 18.0 Å². The van der Waals surface area contributed by atoms with Crippen LogP contribution in [0.25, 0.3) is 0 Å². The molecular formula is C16H19F3O2. The second kappa shape index (κ2) is 7.07. The van der Waals surface area contributed by atoms with Crippen molar-refractivity contribution in [1.82, 2.24) is 0 Å². The largest absolute Gasteiger partial charge is 0.370 e. The van der Waals surface area contributed by atoms with E-state index in [0.717, 1.165) is 44.2 Å². The van der Waals surface area contributed by atoms with Gasteiger partial charge in [-0.05, 0) is 37.8 Å². The lowest BCUT2D eigenvalue weighted by molar-refractivity contribution is 0.0123. The second-order valence-electron chi connectivity index (χ2n) is 5.36. The van der Waals surface area contributed by atoms with E-state index in [1.54, 1.807) is 6.92 Å². The first-order valence-corrected chi connectivity index (χ1v) is 7.35. The molecule has 1 saturated carbocycles. The summed E-state index contributed by atoms with van der Waals surface area (Å²) in [6.07, 6.45) is 4.01. The topological polar surface area (TPSA) is 26.3 Å². The zero-order valence-electron chi connectivity index (χ0n) is 12.0. The van der Waals surface area contributed by atoms with Gasteiger partial charge in [-0.15, -0.1) is 0 Å². The van der Waals surface area contributed by atoms with E-state index >= 15 is 0 Å². The molecule has 116 valence electrons. The number of Topliss-reactive ketones (excluding diaryl/α,β-unsaturated/α-hetero) is 1. The summed E-state index contributed by atoms with van der Waals surface area (Å²) in [6, 6.07) is 1.76. The van der Waals surface area contributed by atoms with E-state index in [-0.39, 0.29) is 5.92 Å². The highest BCUT2D eigenvalue weighted by atomic mass is 19.2. The molecule has 0 N–H and O–H groups in total. The van der Waals surface area contributed by atoms with Crippen LogP contribution in [0.15, 0.2) is 12.1 Å². The number of rotatable bonds is 5. The Kier molecular flexibility index (Phi) is 5.39. The zero-order chi connectivity index (χ0) is 15.4. The van der Waals surface area contributed by atoms with Crippen molar-refractivity contribution in [2.75, 3.05) is 6.61 Å². The molecule has 0 aromatic heterocycles. The van der Waals surface area contributed by atoms with Crippen LogP contribution in [-0.4, -0.2) is 18.5 Å². The Morgan fingerprint density at radius 2 is 1.86 bits per heavy atom. The van der Waals surface area contributed by atoms with Gasteiger partial charge in [0.25, 0.3) is 0 Å². The van der Waals surface area contributed by atoms with Crippen LogP contribution >= 0.6 is 0 Å². The summed E-state index contributed by atoms with van der Waals surface area (Å²) in [4.78, 5) is 12.5. The maximum atomic E-state index is 13.8. The molecule has 1 aliphatic carbocycles. The van der Waals surface area contributed by atoms with Crippen molar-refractivity contribution in [1.29, 1.82) is 0 Å². The first kappa shape index (κ1) is 16.0. The number of ketones is 1. The fraction of sp³-hybridized carbons (Fsp3) is 0.562. The molecule has 0 aliphatic heterocycles. The third kappa shape index (κ3) is 3.46. The predicted molar refractivity (Wildman–Crippen MR) is 72.6 cm³/mol. The zero-order valence-corrected chi connectivity index (χ0v) is 12.0. The molecule has 0 amide bonds. The van der Waals surface area contributed by atoms with Crippen LogP contribution < -0.4 is 0 Å². The van der Waals surface area contributed by atoms with Crippen LogP contribution in [0.1, 0.15) is 49.4 Å². The Morgan fingerprint density at radius 3 is 2.48 bits per heavy atom. The highest BCUT2D eigenvalue weighted by molar-refractivity contribution is 6.00. The van der Waals surface area contributed by atoms with Crippen molar-refractivity contribution in [3.05, 3.63) is 35.1 Å². The van der Waals surface area contributed by atoms with E-state index in [4.69, 9.17) is 4.74 Å². The number of benzene rings is 1. The molecule has 1 aromatic rings. The summed E-state index contributed by atoms with van der Waals surface area (Å²) < 4.78 is 45.5. The quantitative estimate of drug-likeness (QED) is 0.599. The monoisotopic (exact) mass is 300 g/mol. The van der Waals surface area contributed by atoms with Crippen LogP contribution in [0, 0.1) is 23.4 Å². The van der Waals surface area contributed by atoms with Gasteiger partial charge in [-0.1, -0.05) is 19.3 Å². The second-order valence-corrected chi connectivity index (χ2v) is 5.36. The molecule has 0 radical (unpaired) electrons. The molecule has 1 unspecified atom stereocenters. The fourth-order valence-electron chi connectivity index (χ4n) is 2.91. The molecular weight excluding hydrogens is 281 g/mol. The minimum absolute atomic E-state index is 0.0127.